The number of nitro benzene ring substituents is 1. The van der Waals surface area contributed by atoms with Crippen LogP contribution in [0.15, 0.2) is 52.5 Å². The average molecular weight is 486 g/mol. The van der Waals surface area contributed by atoms with Crippen LogP contribution in [0.4, 0.5) is 11.4 Å². The molecule has 0 bridgehead atoms. The summed E-state index contributed by atoms with van der Waals surface area (Å²) >= 11 is 6.79. The van der Waals surface area contributed by atoms with E-state index in [4.69, 9.17) is 11.6 Å². The number of aromatic amines is 1. The Morgan fingerprint density at radius 3 is 2.58 bits per heavy atom. The molecule has 0 spiro atoms. The summed E-state index contributed by atoms with van der Waals surface area (Å²) in [6.07, 6.45) is 4.62. The van der Waals surface area contributed by atoms with Crippen molar-refractivity contribution in [2.24, 2.45) is 0 Å². The molecule has 0 radical (unpaired) electrons. The lowest BCUT2D eigenvalue weighted by molar-refractivity contribution is -0.384. The van der Waals surface area contributed by atoms with Crippen LogP contribution in [0.2, 0.25) is 5.02 Å². The molecule has 1 aromatic heterocycles. The summed E-state index contributed by atoms with van der Waals surface area (Å²) in [5.41, 5.74) is 1.91. The zero-order chi connectivity index (χ0) is 23.4. The van der Waals surface area contributed by atoms with Gasteiger partial charge >= 0.3 is 5.97 Å². The summed E-state index contributed by atoms with van der Waals surface area (Å²) in [5, 5.41) is 28.9. The summed E-state index contributed by atoms with van der Waals surface area (Å²) in [6, 6.07) is 11.5. The molecule has 4 rings (SSSR count). The van der Waals surface area contributed by atoms with Crippen molar-refractivity contribution in [1.29, 1.82) is 0 Å². The molecule has 9 nitrogen and oxygen atoms in total. The van der Waals surface area contributed by atoms with Crippen molar-refractivity contribution in [2.75, 3.05) is 18.0 Å². The van der Waals surface area contributed by atoms with Gasteiger partial charge in [0.2, 0.25) is 5.16 Å². The molecule has 11 heteroatoms. The van der Waals surface area contributed by atoms with Gasteiger partial charge in [-0.05, 0) is 67.4 Å². The van der Waals surface area contributed by atoms with Crippen LogP contribution >= 0.6 is 23.4 Å². The first-order chi connectivity index (χ1) is 15.9. The predicted molar refractivity (Wildman–Crippen MR) is 127 cm³/mol. The Hall–Kier alpha value is -3.37. The molecule has 0 atom stereocenters. The van der Waals surface area contributed by atoms with E-state index in [0.717, 1.165) is 55.4 Å². The summed E-state index contributed by atoms with van der Waals surface area (Å²) in [7, 11) is 0. The molecule has 0 saturated carbocycles. The first kappa shape index (κ1) is 22.8. The number of thioether (sulfide) groups is 1. The van der Waals surface area contributed by atoms with Gasteiger partial charge in [0.1, 0.15) is 4.91 Å². The third-order valence-corrected chi connectivity index (χ3v) is 6.33. The van der Waals surface area contributed by atoms with Crippen LogP contribution in [0.1, 0.15) is 24.8 Å². The first-order valence-corrected chi connectivity index (χ1v) is 11.4. The monoisotopic (exact) mass is 485 g/mol. The Kier molecular flexibility index (Phi) is 6.95. The Morgan fingerprint density at radius 1 is 1.18 bits per heavy atom. The van der Waals surface area contributed by atoms with Gasteiger partial charge in [-0.2, -0.15) is 0 Å². The van der Waals surface area contributed by atoms with Crippen molar-refractivity contribution < 1.29 is 14.8 Å². The molecular weight excluding hydrogens is 466 g/mol. The van der Waals surface area contributed by atoms with Crippen LogP contribution in [0.25, 0.3) is 17.5 Å². The summed E-state index contributed by atoms with van der Waals surface area (Å²) in [5.74, 6) is -0.697. The van der Waals surface area contributed by atoms with Crippen molar-refractivity contribution in [1.82, 2.24) is 15.2 Å². The molecule has 1 saturated heterocycles. The maximum absolute atomic E-state index is 12.0. The van der Waals surface area contributed by atoms with Gasteiger partial charge in [0, 0.05) is 47.1 Å². The van der Waals surface area contributed by atoms with E-state index in [-0.39, 0.29) is 15.7 Å². The van der Waals surface area contributed by atoms with Gasteiger partial charge in [0.25, 0.3) is 5.69 Å². The van der Waals surface area contributed by atoms with E-state index in [9.17, 15) is 20.0 Å². The number of hydrogen-bond acceptors (Lipinski definition) is 7. The number of hydrogen-bond donors (Lipinski definition) is 2. The second-order valence-electron chi connectivity index (χ2n) is 7.44. The summed E-state index contributed by atoms with van der Waals surface area (Å²) < 4.78 is 0. The highest BCUT2D eigenvalue weighted by atomic mass is 35.5. The van der Waals surface area contributed by atoms with E-state index < -0.39 is 10.9 Å². The number of carboxylic acids is 1. The molecule has 1 fully saturated rings. The number of carboxylic acid groups (broad SMARTS) is 1. The number of nitro groups is 1. The molecule has 0 amide bonds. The SMILES string of the molecule is O=C(O)/C(=C\c1cc([N+](=O)[O-])ccc1N1CCCCC1)Sc1n[nH]c(-c2ccc(Cl)cc2)n1. The number of aliphatic carboxylic acids is 1. The number of aromatic nitrogens is 3. The third-order valence-electron chi connectivity index (χ3n) is 5.20. The summed E-state index contributed by atoms with van der Waals surface area (Å²) in [6.45, 7) is 1.64. The molecule has 3 aromatic rings. The lowest BCUT2D eigenvalue weighted by atomic mass is 10.1. The van der Waals surface area contributed by atoms with Crippen LogP contribution in [0.5, 0.6) is 0 Å². The van der Waals surface area contributed by atoms with E-state index in [1.54, 1.807) is 30.3 Å². The first-order valence-electron chi connectivity index (χ1n) is 10.3. The lowest BCUT2D eigenvalue weighted by Gasteiger charge is -2.30. The Bertz CT molecular complexity index is 1210. The number of anilines is 1. The second kappa shape index (κ2) is 10.1. The minimum absolute atomic E-state index is 0.0459. The third kappa shape index (κ3) is 5.52. The number of non-ortho nitro benzene ring substituents is 1. The zero-order valence-corrected chi connectivity index (χ0v) is 19.0. The van der Waals surface area contributed by atoms with E-state index in [0.29, 0.717) is 16.4 Å². The molecule has 170 valence electrons. The molecule has 0 unspecified atom stereocenters. The Labute approximate surface area is 198 Å². The standard InChI is InChI=1S/C22H20ClN5O4S/c23-16-6-4-14(5-7-16)20-24-22(26-25-20)33-19(21(29)30)13-15-12-17(28(31)32)8-9-18(15)27-10-2-1-3-11-27/h4-9,12-13H,1-3,10-11H2,(H,29,30)(H,24,25,26)/b19-13+. The van der Waals surface area contributed by atoms with E-state index >= 15 is 0 Å². The minimum atomic E-state index is -1.17. The molecule has 33 heavy (non-hydrogen) atoms. The number of halogens is 1. The molecule has 2 heterocycles. The Morgan fingerprint density at radius 2 is 1.91 bits per heavy atom. The van der Waals surface area contributed by atoms with E-state index in [1.807, 2.05) is 0 Å². The van der Waals surface area contributed by atoms with Gasteiger partial charge in [-0.1, -0.05) is 11.6 Å². The maximum Gasteiger partial charge on any atom is 0.342 e. The number of carbonyl (C=O) groups is 1. The summed E-state index contributed by atoms with van der Waals surface area (Å²) in [4.78, 5) is 29.3. The average Bonchev–Trinajstić information content (AvgIpc) is 3.28. The number of piperidine rings is 1. The highest BCUT2D eigenvalue weighted by Crippen LogP contribution is 2.33. The van der Waals surface area contributed by atoms with Crippen molar-refractivity contribution in [3.05, 3.63) is 68.1 Å². The number of benzene rings is 2. The zero-order valence-electron chi connectivity index (χ0n) is 17.4. The number of nitrogens with one attached hydrogen (secondary N) is 1. The topological polar surface area (TPSA) is 125 Å². The normalized spacial score (nSPS) is 14.3. The number of nitrogens with zero attached hydrogens (tertiary/aromatic N) is 4. The highest BCUT2D eigenvalue weighted by molar-refractivity contribution is 8.04. The van der Waals surface area contributed by atoms with Crippen LogP contribution < -0.4 is 4.90 Å². The lowest BCUT2D eigenvalue weighted by Crippen LogP contribution is -2.29. The van der Waals surface area contributed by atoms with Crippen molar-refractivity contribution in [2.45, 2.75) is 24.4 Å². The van der Waals surface area contributed by atoms with E-state index in [2.05, 4.69) is 20.1 Å². The quantitative estimate of drug-likeness (QED) is 0.201. The fourth-order valence-electron chi connectivity index (χ4n) is 3.60. The molecule has 2 aromatic carbocycles. The highest BCUT2D eigenvalue weighted by Gasteiger charge is 2.20. The maximum atomic E-state index is 12.0. The van der Waals surface area contributed by atoms with Crippen molar-refractivity contribution >= 4 is 46.8 Å². The van der Waals surface area contributed by atoms with Crippen LogP contribution in [0.3, 0.4) is 0 Å². The fraction of sp³-hybridized carbons (Fsp3) is 0.227. The van der Waals surface area contributed by atoms with Crippen molar-refractivity contribution in [3.63, 3.8) is 0 Å². The number of H-pyrrole nitrogens is 1. The molecule has 2 N–H and O–H groups in total. The van der Waals surface area contributed by atoms with Crippen LogP contribution in [-0.2, 0) is 4.79 Å². The largest absolute Gasteiger partial charge is 0.477 e. The van der Waals surface area contributed by atoms with Crippen LogP contribution in [-0.4, -0.2) is 44.3 Å². The van der Waals surface area contributed by atoms with Crippen LogP contribution in [0, 0.1) is 10.1 Å². The van der Waals surface area contributed by atoms with Gasteiger partial charge in [-0.15, -0.1) is 5.10 Å². The molecule has 1 aliphatic rings. The minimum Gasteiger partial charge on any atom is -0.477 e. The van der Waals surface area contributed by atoms with Gasteiger partial charge in [-0.3, -0.25) is 15.2 Å². The predicted octanol–water partition coefficient (Wildman–Crippen LogP) is 5.24. The van der Waals surface area contributed by atoms with Gasteiger partial charge < -0.3 is 10.0 Å². The fourth-order valence-corrected chi connectivity index (χ4v) is 4.42. The molecular formula is C22H20ClN5O4S. The molecule has 1 aliphatic heterocycles. The molecule has 0 aliphatic carbocycles. The van der Waals surface area contributed by atoms with Crippen molar-refractivity contribution in [3.8, 4) is 11.4 Å². The second-order valence-corrected chi connectivity index (χ2v) is 8.88. The number of rotatable bonds is 7. The smallest absolute Gasteiger partial charge is 0.342 e. The van der Waals surface area contributed by atoms with Gasteiger partial charge in [0.05, 0.1) is 4.92 Å². The van der Waals surface area contributed by atoms with Gasteiger partial charge in [-0.25, -0.2) is 9.78 Å². The Balaban J connectivity index is 1.66. The van der Waals surface area contributed by atoms with E-state index in [1.165, 1.54) is 18.2 Å². The van der Waals surface area contributed by atoms with Gasteiger partial charge in [0.15, 0.2) is 5.82 Å².